The zero-order chi connectivity index (χ0) is 22.9. The number of carbonyl (C=O) groups is 2. The Balaban J connectivity index is 1.51. The van der Waals surface area contributed by atoms with Crippen LogP contribution in [-0.2, 0) is 15.7 Å². The van der Waals surface area contributed by atoms with Crippen molar-refractivity contribution < 1.29 is 27.5 Å². The highest BCUT2D eigenvalue weighted by molar-refractivity contribution is 8.04. The number of hydrogen-bond donors (Lipinski definition) is 1. The smallest absolute Gasteiger partial charge is 0.376 e. The normalized spacial score (nSPS) is 19.9. The van der Waals surface area contributed by atoms with E-state index in [1.807, 2.05) is 0 Å². The van der Waals surface area contributed by atoms with Crippen LogP contribution in [0.3, 0.4) is 0 Å². The lowest BCUT2D eigenvalue weighted by molar-refractivity contribution is -0.137. The molecular formula is C23H21F3N2O3S. The molecule has 0 bridgehead atoms. The molecule has 2 aliphatic heterocycles. The Kier molecular flexibility index (Phi) is 6.30. The van der Waals surface area contributed by atoms with E-state index in [1.165, 1.54) is 28.8 Å². The summed E-state index contributed by atoms with van der Waals surface area (Å²) >= 11 is 1.22. The zero-order valence-electron chi connectivity index (χ0n) is 17.2. The first kappa shape index (κ1) is 22.4. The summed E-state index contributed by atoms with van der Waals surface area (Å²) in [6, 6.07) is 9.77. The Morgan fingerprint density at radius 1 is 1.25 bits per heavy atom. The van der Waals surface area contributed by atoms with E-state index in [-0.39, 0.29) is 17.9 Å². The van der Waals surface area contributed by atoms with E-state index in [9.17, 15) is 22.8 Å². The highest BCUT2D eigenvalue weighted by atomic mass is 32.2. The molecule has 0 aromatic heterocycles. The van der Waals surface area contributed by atoms with E-state index in [4.69, 9.17) is 4.74 Å². The number of nitrogens with zero attached hydrogens (tertiary/aromatic N) is 1. The molecule has 2 heterocycles. The zero-order valence-corrected chi connectivity index (χ0v) is 18.1. The lowest BCUT2D eigenvalue weighted by Gasteiger charge is -2.27. The van der Waals surface area contributed by atoms with Crippen molar-refractivity contribution in [2.75, 3.05) is 25.1 Å². The van der Waals surface area contributed by atoms with Gasteiger partial charge < -0.3 is 15.0 Å². The molecule has 0 radical (unpaired) electrons. The Hall–Kier alpha value is -2.78. The molecule has 1 fully saturated rings. The molecule has 2 aromatic carbocycles. The number of likely N-dealkylation sites (N-methyl/N-ethyl adjacent to an activating group) is 1. The third-order valence-electron chi connectivity index (χ3n) is 5.37. The molecule has 2 aromatic rings. The number of halogens is 3. The van der Waals surface area contributed by atoms with Gasteiger partial charge in [-0.3, -0.25) is 9.59 Å². The van der Waals surface area contributed by atoms with Gasteiger partial charge in [-0.25, -0.2) is 0 Å². The fraction of sp³-hybridized carbons (Fsp3) is 0.304. The number of hydrogen-bond acceptors (Lipinski definition) is 4. The maximum absolute atomic E-state index is 12.8. The fourth-order valence-electron chi connectivity index (χ4n) is 3.57. The van der Waals surface area contributed by atoms with Crippen molar-refractivity contribution in [1.29, 1.82) is 0 Å². The van der Waals surface area contributed by atoms with Crippen molar-refractivity contribution in [2.24, 2.45) is 0 Å². The van der Waals surface area contributed by atoms with Crippen LogP contribution in [0.5, 0.6) is 0 Å². The number of rotatable bonds is 4. The Morgan fingerprint density at radius 2 is 2.00 bits per heavy atom. The van der Waals surface area contributed by atoms with Crippen molar-refractivity contribution in [3.8, 4) is 0 Å². The molecule has 1 atom stereocenters. The second-order valence-electron chi connectivity index (χ2n) is 7.62. The SMILES string of the molecule is CN1C(=O)C(=Cc2ccc(C(F)(F)F)cc2)Sc2ccc(C(=O)NCC3CCCO3)cc21. The molecule has 0 saturated carbocycles. The van der Waals surface area contributed by atoms with Gasteiger partial charge >= 0.3 is 6.18 Å². The summed E-state index contributed by atoms with van der Waals surface area (Å²) in [6.45, 7) is 1.16. The summed E-state index contributed by atoms with van der Waals surface area (Å²) < 4.78 is 43.8. The molecule has 0 spiro atoms. The minimum atomic E-state index is -4.41. The quantitative estimate of drug-likeness (QED) is 0.668. The molecule has 2 amide bonds. The van der Waals surface area contributed by atoms with Gasteiger partial charge in [0, 0.05) is 30.7 Å². The van der Waals surface area contributed by atoms with Gasteiger partial charge in [-0.15, -0.1) is 0 Å². The van der Waals surface area contributed by atoms with E-state index in [0.29, 0.717) is 34.9 Å². The second-order valence-corrected chi connectivity index (χ2v) is 8.71. The van der Waals surface area contributed by atoms with Crippen LogP contribution < -0.4 is 10.2 Å². The number of alkyl halides is 3. The van der Waals surface area contributed by atoms with Crippen molar-refractivity contribution in [3.63, 3.8) is 0 Å². The van der Waals surface area contributed by atoms with Crippen LogP contribution in [0.15, 0.2) is 52.3 Å². The van der Waals surface area contributed by atoms with Crippen molar-refractivity contribution in [3.05, 3.63) is 64.1 Å². The highest BCUT2D eigenvalue weighted by Gasteiger charge is 2.30. The first-order valence-corrected chi connectivity index (χ1v) is 10.9. The predicted octanol–water partition coefficient (Wildman–Crippen LogP) is 4.72. The highest BCUT2D eigenvalue weighted by Crippen LogP contribution is 2.42. The second kappa shape index (κ2) is 8.99. The third-order valence-corrected chi connectivity index (χ3v) is 6.45. The molecule has 168 valence electrons. The topological polar surface area (TPSA) is 58.6 Å². The van der Waals surface area contributed by atoms with Gasteiger partial charge in [-0.1, -0.05) is 23.9 Å². The van der Waals surface area contributed by atoms with E-state index < -0.39 is 11.7 Å². The van der Waals surface area contributed by atoms with Crippen LogP contribution in [0.25, 0.3) is 6.08 Å². The summed E-state index contributed by atoms with van der Waals surface area (Å²) in [5.41, 5.74) is 0.803. The standard InChI is InChI=1S/C23H21F3N2O3S/c1-28-18-12-15(21(29)27-13-17-3-2-10-31-17)6-9-19(18)32-20(22(28)30)11-14-4-7-16(8-5-14)23(24,25)26/h4-9,11-12,17H,2-3,10,13H2,1H3,(H,27,29). The van der Waals surface area contributed by atoms with Gasteiger partial charge in [0.2, 0.25) is 0 Å². The number of amides is 2. The maximum atomic E-state index is 12.8. The molecule has 9 heteroatoms. The van der Waals surface area contributed by atoms with Gasteiger partial charge in [0.25, 0.3) is 11.8 Å². The van der Waals surface area contributed by atoms with E-state index >= 15 is 0 Å². The average molecular weight is 462 g/mol. The van der Waals surface area contributed by atoms with Crippen LogP contribution in [0.1, 0.15) is 34.3 Å². The Morgan fingerprint density at radius 3 is 2.66 bits per heavy atom. The van der Waals surface area contributed by atoms with E-state index in [1.54, 1.807) is 31.3 Å². The molecule has 4 rings (SSSR count). The summed E-state index contributed by atoms with van der Waals surface area (Å²) in [5, 5.41) is 2.86. The van der Waals surface area contributed by atoms with Crippen LogP contribution in [0.2, 0.25) is 0 Å². The van der Waals surface area contributed by atoms with Crippen molar-refractivity contribution in [1.82, 2.24) is 5.32 Å². The van der Waals surface area contributed by atoms with Crippen LogP contribution in [0, 0.1) is 0 Å². The lowest BCUT2D eigenvalue weighted by Crippen LogP contribution is -2.33. The van der Waals surface area contributed by atoms with Crippen molar-refractivity contribution in [2.45, 2.75) is 30.0 Å². The van der Waals surface area contributed by atoms with Crippen LogP contribution in [-0.4, -0.2) is 38.1 Å². The first-order chi connectivity index (χ1) is 15.2. The number of ether oxygens (including phenoxy) is 1. The Bertz CT molecular complexity index is 1060. The summed E-state index contributed by atoms with van der Waals surface area (Å²) in [4.78, 5) is 28.0. The van der Waals surface area contributed by atoms with Gasteiger partial charge in [0.15, 0.2) is 0 Å². The summed E-state index contributed by atoms with van der Waals surface area (Å²) in [5.74, 6) is -0.528. The number of fused-ring (bicyclic) bond motifs is 1. The molecule has 2 aliphatic rings. The molecule has 32 heavy (non-hydrogen) atoms. The number of thioether (sulfide) groups is 1. The van der Waals surface area contributed by atoms with Gasteiger partial charge in [0.05, 0.1) is 22.3 Å². The predicted molar refractivity (Wildman–Crippen MR) is 116 cm³/mol. The molecule has 0 aliphatic carbocycles. The number of benzene rings is 2. The van der Waals surface area contributed by atoms with Gasteiger partial charge in [-0.05, 0) is 54.8 Å². The molecule has 1 unspecified atom stereocenters. The summed E-state index contributed by atoms with van der Waals surface area (Å²) in [7, 11) is 1.61. The van der Waals surface area contributed by atoms with Crippen molar-refractivity contribution >= 4 is 35.3 Å². The monoisotopic (exact) mass is 462 g/mol. The fourth-order valence-corrected chi connectivity index (χ4v) is 4.66. The third kappa shape index (κ3) is 4.83. The average Bonchev–Trinajstić information content (AvgIpc) is 3.29. The van der Waals surface area contributed by atoms with Crippen LogP contribution >= 0.6 is 11.8 Å². The maximum Gasteiger partial charge on any atom is 0.416 e. The van der Waals surface area contributed by atoms with E-state index in [2.05, 4.69) is 5.32 Å². The summed E-state index contributed by atoms with van der Waals surface area (Å²) in [6.07, 6.45) is -0.893. The van der Waals surface area contributed by atoms with Gasteiger partial charge in [-0.2, -0.15) is 13.2 Å². The molecule has 5 nitrogen and oxygen atoms in total. The van der Waals surface area contributed by atoms with E-state index in [0.717, 1.165) is 29.9 Å². The minimum Gasteiger partial charge on any atom is -0.376 e. The van der Waals surface area contributed by atoms with Crippen LogP contribution in [0.4, 0.5) is 18.9 Å². The number of anilines is 1. The lowest BCUT2D eigenvalue weighted by atomic mass is 10.1. The largest absolute Gasteiger partial charge is 0.416 e. The number of nitrogens with one attached hydrogen (secondary N) is 1. The molecule has 1 N–H and O–H groups in total. The first-order valence-electron chi connectivity index (χ1n) is 10.1. The van der Waals surface area contributed by atoms with Gasteiger partial charge in [0.1, 0.15) is 0 Å². The molecule has 1 saturated heterocycles. The Labute approximate surface area is 187 Å². The number of carbonyl (C=O) groups excluding carboxylic acids is 2. The minimum absolute atomic E-state index is 0.0364. The molecular weight excluding hydrogens is 441 g/mol.